The molecule has 1 aliphatic rings. The van der Waals surface area contributed by atoms with E-state index in [9.17, 15) is 37.5 Å². The molecule has 1 aliphatic carbocycles. The second-order valence-electron chi connectivity index (χ2n) is 14.8. The molecule has 7 N–H and O–H groups in total. The number of benzene rings is 2. The molecule has 0 aliphatic heterocycles. The smallest absolute Gasteiger partial charge is 0.407 e. The highest BCUT2D eigenvalue weighted by atomic mass is 32.2. The Balaban J connectivity index is 1.18. The minimum Gasteiger partial charge on any atom is -0.480 e. The van der Waals surface area contributed by atoms with Crippen LogP contribution in [0, 0.1) is 5.92 Å². The van der Waals surface area contributed by atoms with Crippen LogP contribution in [0.25, 0.3) is 11.1 Å². The van der Waals surface area contributed by atoms with Crippen LogP contribution >= 0.6 is 0 Å². The number of hydrogen-bond acceptors (Lipinski definition) is 13. The maximum Gasteiger partial charge on any atom is 0.407 e. The number of nitrogens with one attached hydrogen (secondary N) is 5. The highest BCUT2D eigenvalue weighted by Crippen LogP contribution is 2.44. The van der Waals surface area contributed by atoms with Crippen LogP contribution in [-0.4, -0.2) is 144 Å². The molecular formula is C42H63N5O14S. The maximum absolute atomic E-state index is 13.2. The predicted octanol–water partition coefficient (Wildman–Crippen LogP) is 2.19. The molecule has 19 nitrogen and oxygen atoms in total. The van der Waals surface area contributed by atoms with E-state index < -0.39 is 51.5 Å². The van der Waals surface area contributed by atoms with Crippen molar-refractivity contribution in [1.82, 2.24) is 26.6 Å². The van der Waals surface area contributed by atoms with Crippen molar-refractivity contribution in [2.45, 2.75) is 76.3 Å². The number of carboxylic acids is 1. The van der Waals surface area contributed by atoms with Crippen molar-refractivity contribution in [3.8, 4) is 11.1 Å². The molecule has 4 amide bonds. The van der Waals surface area contributed by atoms with E-state index in [1.54, 1.807) is 20.8 Å². The molecule has 0 bridgehead atoms. The van der Waals surface area contributed by atoms with Crippen molar-refractivity contribution in [3.05, 3.63) is 59.7 Å². The summed E-state index contributed by atoms with van der Waals surface area (Å²) in [6.07, 6.45) is 0.392. The van der Waals surface area contributed by atoms with Crippen molar-refractivity contribution in [3.63, 3.8) is 0 Å². The molecule has 0 spiro atoms. The first-order valence-electron chi connectivity index (χ1n) is 20.9. The number of aliphatic carboxylic acids is 1. The van der Waals surface area contributed by atoms with Crippen molar-refractivity contribution in [2.24, 2.45) is 5.92 Å². The molecule has 20 heteroatoms. The minimum absolute atomic E-state index is 0.0163. The van der Waals surface area contributed by atoms with E-state index in [-0.39, 0.29) is 83.2 Å². The van der Waals surface area contributed by atoms with Crippen molar-refractivity contribution >= 4 is 39.9 Å². The monoisotopic (exact) mass is 893 g/mol. The van der Waals surface area contributed by atoms with Gasteiger partial charge in [0, 0.05) is 31.8 Å². The zero-order valence-corrected chi connectivity index (χ0v) is 36.5. The zero-order chi connectivity index (χ0) is 45.3. The summed E-state index contributed by atoms with van der Waals surface area (Å²) in [5.74, 6) is -2.99. The van der Waals surface area contributed by atoms with Gasteiger partial charge in [-0.1, -0.05) is 69.3 Å². The van der Waals surface area contributed by atoms with Crippen LogP contribution in [0.4, 0.5) is 4.79 Å². The minimum atomic E-state index is -4.33. The maximum atomic E-state index is 13.2. The molecule has 0 radical (unpaired) electrons. The molecule has 0 aromatic heterocycles. The van der Waals surface area contributed by atoms with E-state index >= 15 is 0 Å². The summed E-state index contributed by atoms with van der Waals surface area (Å²) in [4.78, 5) is 62.1. The Kier molecular flexibility index (Phi) is 23.4. The lowest BCUT2D eigenvalue weighted by Crippen LogP contribution is -2.53. The third kappa shape index (κ3) is 18.7. The fraction of sp³-hybridized carbons (Fsp3) is 0.595. The number of ether oxygens (including phenoxy) is 5. The van der Waals surface area contributed by atoms with E-state index in [1.165, 1.54) is 0 Å². The molecule has 62 heavy (non-hydrogen) atoms. The average Bonchev–Trinajstić information content (AvgIpc) is 3.55. The number of carboxylic acid groups (broad SMARTS) is 1. The van der Waals surface area contributed by atoms with Crippen LogP contribution < -0.4 is 26.6 Å². The van der Waals surface area contributed by atoms with Gasteiger partial charge >= 0.3 is 12.1 Å². The Morgan fingerprint density at radius 1 is 0.726 bits per heavy atom. The lowest BCUT2D eigenvalue weighted by Gasteiger charge is -2.24. The fourth-order valence-corrected chi connectivity index (χ4v) is 7.18. The van der Waals surface area contributed by atoms with Gasteiger partial charge in [0.15, 0.2) is 5.37 Å². The second-order valence-corrected chi connectivity index (χ2v) is 16.4. The van der Waals surface area contributed by atoms with Crippen LogP contribution in [0.1, 0.15) is 69.9 Å². The average molecular weight is 894 g/mol. The van der Waals surface area contributed by atoms with Gasteiger partial charge in [-0.3, -0.25) is 24.3 Å². The van der Waals surface area contributed by atoms with Gasteiger partial charge in [0.05, 0.1) is 52.9 Å². The second kappa shape index (κ2) is 28.1. The number of rotatable bonds is 32. The summed E-state index contributed by atoms with van der Waals surface area (Å²) in [6, 6.07) is 13.7. The summed E-state index contributed by atoms with van der Waals surface area (Å²) in [6.45, 7) is 7.61. The van der Waals surface area contributed by atoms with E-state index in [4.69, 9.17) is 28.2 Å². The van der Waals surface area contributed by atoms with E-state index in [1.807, 2.05) is 48.5 Å². The van der Waals surface area contributed by atoms with Gasteiger partial charge < -0.3 is 50.1 Å². The van der Waals surface area contributed by atoms with Gasteiger partial charge in [0.25, 0.3) is 10.1 Å². The van der Waals surface area contributed by atoms with Gasteiger partial charge in [0.1, 0.15) is 18.7 Å². The molecule has 0 saturated carbocycles. The molecule has 3 rings (SSSR count). The lowest BCUT2D eigenvalue weighted by molar-refractivity contribution is -0.142. The van der Waals surface area contributed by atoms with Crippen molar-refractivity contribution in [2.75, 3.05) is 79.1 Å². The van der Waals surface area contributed by atoms with E-state index in [2.05, 4.69) is 26.6 Å². The molecule has 346 valence electrons. The quantitative estimate of drug-likeness (QED) is 0.0410. The zero-order valence-electron chi connectivity index (χ0n) is 35.7. The fourth-order valence-electron chi connectivity index (χ4n) is 6.51. The standard InChI is InChI=1S/C42H63N5O14S/c1-4-43-38(62(54,55)56)27-45-37(49)17-20-58-22-24-60-26-25-59-23-21-57-19-16-36(48)44-18-10-9-15-35(41(51)52)46-40(50)39(29(2)3)47-42(53)61-28-34-32-13-7-5-11-30(32)31-12-6-8-14-33(31)34/h5-8,11-14,29,34-35,38-39,43H,4,9-10,15-28H2,1-3H3,(H,44,48)(H,45,49)(H,46,50)(H,47,53)(H,51,52)(H,54,55,56)/t35-,38?,39-/m0/s1. The normalized spacial score (nSPS) is 13.7. The third-order valence-corrected chi connectivity index (χ3v) is 10.8. The van der Waals surface area contributed by atoms with Crippen LogP contribution in [-0.2, 0) is 53.0 Å². The van der Waals surface area contributed by atoms with Gasteiger partial charge in [-0.15, -0.1) is 0 Å². The van der Waals surface area contributed by atoms with Crippen molar-refractivity contribution in [1.29, 1.82) is 0 Å². The summed E-state index contributed by atoms with van der Waals surface area (Å²) >= 11 is 0. The Bertz CT molecular complexity index is 1790. The number of unbranched alkanes of at least 4 members (excludes halogenated alkanes) is 1. The molecule has 2 aromatic rings. The number of amides is 4. The Labute approximate surface area is 363 Å². The Morgan fingerprint density at radius 2 is 1.24 bits per heavy atom. The number of carbonyl (C=O) groups is 5. The van der Waals surface area contributed by atoms with Gasteiger partial charge in [0.2, 0.25) is 17.7 Å². The van der Waals surface area contributed by atoms with E-state index in [0.29, 0.717) is 45.8 Å². The summed E-state index contributed by atoms with van der Waals surface area (Å²) < 4.78 is 58.9. The first-order chi connectivity index (χ1) is 29.7. The molecule has 0 fully saturated rings. The molecule has 0 heterocycles. The molecule has 2 aromatic carbocycles. The number of fused-ring (bicyclic) bond motifs is 3. The number of carbonyl (C=O) groups excluding carboxylic acids is 4. The highest BCUT2D eigenvalue weighted by Gasteiger charge is 2.32. The highest BCUT2D eigenvalue weighted by molar-refractivity contribution is 7.86. The first kappa shape index (κ1) is 51.6. The van der Waals surface area contributed by atoms with Crippen LogP contribution in [0.3, 0.4) is 0 Å². The predicted molar refractivity (Wildman–Crippen MR) is 228 cm³/mol. The SMILES string of the molecule is CCNC(CNC(=O)CCOCCOCCOCCOCCC(=O)NCCCC[C@H](NC(=O)[C@@H](NC(=O)OCC1c2ccccc2-c2ccccc21)C(C)C)C(=O)O)S(=O)(=O)O. The van der Waals surface area contributed by atoms with Crippen LogP contribution in [0.2, 0.25) is 0 Å². The number of alkyl carbamates (subject to hydrolysis) is 1. The summed E-state index contributed by atoms with van der Waals surface area (Å²) in [5, 5.41) is 21.4. The third-order valence-electron chi connectivity index (χ3n) is 9.76. The first-order valence-corrected chi connectivity index (χ1v) is 22.4. The lowest BCUT2D eigenvalue weighted by atomic mass is 9.98. The molecule has 1 unspecified atom stereocenters. The van der Waals surface area contributed by atoms with Crippen LogP contribution in [0.15, 0.2) is 48.5 Å². The van der Waals surface area contributed by atoms with Crippen LogP contribution in [0.5, 0.6) is 0 Å². The number of likely N-dealkylation sites (N-methyl/N-ethyl adjacent to an activating group) is 1. The largest absolute Gasteiger partial charge is 0.480 e. The van der Waals surface area contributed by atoms with Crippen molar-refractivity contribution < 1.29 is 65.7 Å². The molecular weight excluding hydrogens is 831 g/mol. The molecule has 0 saturated heterocycles. The summed E-state index contributed by atoms with van der Waals surface area (Å²) in [7, 11) is -4.33. The Morgan fingerprint density at radius 3 is 1.74 bits per heavy atom. The number of hydrogen-bond donors (Lipinski definition) is 7. The Hall–Kier alpha value is -4.70. The van der Waals surface area contributed by atoms with Gasteiger partial charge in [-0.25, -0.2) is 9.59 Å². The molecule has 3 atom stereocenters. The topological polar surface area (TPSA) is 266 Å². The van der Waals surface area contributed by atoms with Gasteiger partial charge in [-0.2, -0.15) is 8.42 Å². The van der Waals surface area contributed by atoms with Gasteiger partial charge in [-0.05, 0) is 54.0 Å². The summed E-state index contributed by atoms with van der Waals surface area (Å²) in [5.41, 5.74) is 4.29. The van der Waals surface area contributed by atoms with E-state index in [0.717, 1.165) is 22.3 Å².